The molecule has 0 saturated heterocycles. The molecule has 0 aliphatic heterocycles. The van der Waals surface area contributed by atoms with E-state index in [4.69, 9.17) is 0 Å². The fraction of sp³-hybridized carbons (Fsp3) is 0.286. The van der Waals surface area contributed by atoms with Crippen LogP contribution in [-0.4, -0.2) is 23.3 Å². The first-order valence-electron chi connectivity index (χ1n) is 9.08. The van der Waals surface area contributed by atoms with E-state index >= 15 is 0 Å². The Balaban J connectivity index is 1.45. The highest BCUT2D eigenvalue weighted by molar-refractivity contribution is 7.18. The molecular weight excluding hydrogens is 358 g/mol. The molecule has 0 spiro atoms. The maximum atomic E-state index is 11.9. The Bertz CT molecular complexity index is 886. The van der Waals surface area contributed by atoms with Gasteiger partial charge >= 0.3 is 0 Å². The van der Waals surface area contributed by atoms with Gasteiger partial charge < -0.3 is 10.6 Å². The van der Waals surface area contributed by atoms with Gasteiger partial charge in [-0.3, -0.25) is 9.59 Å². The van der Waals surface area contributed by atoms with Gasteiger partial charge in [-0.1, -0.05) is 24.3 Å². The summed E-state index contributed by atoms with van der Waals surface area (Å²) in [5.74, 6) is -0.112. The van der Waals surface area contributed by atoms with Crippen LogP contribution in [0.4, 0.5) is 5.69 Å². The molecule has 0 bridgehead atoms. The molecule has 0 aliphatic carbocycles. The number of aryl methyl sites for hydroxylation is 2. The van der Waals surface area contributed by atoms with Gasteiger partial charge in [-0.25, -0.2) is 4.98 Å². The number of nitrogens with one attached hydrogen (secondary N) is 2. The second kappa shape index (κ2) is 9.28. The number of fused-ring (bicyclic) bond motifs is 1. The zero-order chi connectivity index (χ0) is 19.1. The van der Waals surface area contributed by atoms with Gasteiger partial charge in [0.15, 0.2) is 0 Å². The Morgan fingerprint density at radius 3 is 2.56 bits per heavy atom. The first kappa shape index (κ1) is 19.0. The zero-order valence-corrected chi connectivity index (χ0v) is 16.1. The van der Waals surface area contributed by atoms with Crippen LogP contribution in [0.15, 0.2) is 48.5 Å². The molecule has 27 heavy (non-hydrogen) atoms. The molecule has 5 nitrogen and oxygen atoms in total. The molecule has 0 aliphatic rings. The van der Waals surface area contributed by atoms with Crippen LogP contribution in [0.3, 0.4) is 0 Å². The molecule has 0 radical (unpaired) electrons. The smallest absolute Gasteiger partial charge is 0.224 e. The molecule has 0 saturated carbocycles. The molecule has 3 rings (SSSR count). The molecule has 0 atom stereocenters. The van der Waals surface area contributed by atoms with Crippen molar-refractivity contribution in [3.05, 3.63) is 59.1 Å². The number of benzene rings is 2. The van der Waals surface area contributed by atoms with E-state index in [0.717, 1.165) is 29.1 Å². The highest BCUT2D eigenvalue weighted by atomic mass is 32.1. The van der Waals surface area contributed by atoms with Crippen LogP contribution in [0, 0.1) is 0 Å². The normalized spacial score (nSPS) is 10.7. The number of carbonyl (C=O) groups excluding carboxylic acids is 2. The van der Waals surface area contributed by atoms with E-state index in [1.54, 1.807) is 11.3 Å². The number of hydrogen-bond acceptors (Lipinski definition) is 4. The molecule has 0 fully saturated rings. The van der Waals surface area contributed by atoms with Crippen molar-refractivity contribution in [2.75, 3.05) is 11.9 Å². The summed E-state index contributed by atoms with van der Waals surface area (Å²) in [6.45, 7) is 1.99. The summed E-state index contributed by atoms with van der Waals surface area (Å²) in [5.41, 5.74) is 3.08. The average molecular weight is 382 g/mol. The van der Waals surface area contributed by atoms with Crippen LogP contribution in [0.25, 0.3) is 10.2 Å². The number of aromatic nitrogens is 1. The highest BCUT2D eigenvalue weighted by Gasteiger charge is 2.05. The quantitative estimate of drug-likeness (QED) is 0.581. The number of hydrogen-bond donors (Lipinski definition) is 2. The Hall–Kier alpha value is -2.73. The molecule has 1 aromatic heterocycles. The topological polar surface area (TPSA) is 71.1 Å². The van der Waals surface area contributed by atoms with Crippen LogP contribution in [0.1, 0.15) is 30.3 Å². The first-order valence-corrected chi connectivity index (χ1v) is 9.89. The van der Waals surface area contributed by atoms with E-state index < -0.39 is 0 Å². The largest absolute Gasteiger partial charge is 0.356 e. The summed E-state index contributed by atoms with van der Waals surface area (Å²) in [4.78, 5) is 27.4. The minimum Gasteiger partial charge on any atom is -0.356 e. The summed E-state index contributed by atoms with van der Waals surface area (Å²) in [7, 11) is 0. The first-order chi connectivity index (χ1) is 13.1. The molecule has 2 amide bonds. The van der Waals surface area contributed by atoms with E-state index in [9.17, 15) is 9.59 Å². The Labute approximate surface area is 162 Å². The predicted molar refractivity (Wildman–Crippen MR) is 110 cm³/mol. The molecule has 2 aromatic carbocycles. The van der Waals surface area contributed by atoms with Gasteiger partial charge in [0, 0.05) is 32.0 Å². The van der Waals surface area contributed by atoms with Crippen LogP contribution >= 0.6 is 11.3 Å². The number of anilines is 1. The van der Waals surface area contributed by atoms with Gasteiger partial charge in [-0.15, -0.1) is 11.3 Å². The number of thiazole rings is 1. The lowest BCUT2D eigenvalue weighted by molar-refractivity contribution is -0.119. The van der Waals surface area contributed by atoms with Crippen LogP contribution in [0.2, 0.25) is 0 Å². The number of para-hydroxylation sites is 1. The van der Waals surface area contributed by atoms with Gasteiger partial charge in [-0.2, -0.15) is 0 Å². The third kappa shape index (κ3) is 5.89. The van der Waals surface area contributed by atoms with Gasteiger partial charge in [0.25, 0.3) is 0 Å². The van der Waals surface area contributed by atoms with Crippen molar-refractivity contribution in [2.24, 2.45) is 0 Å². The van der Waals surface area contributed by atoms with Gasteiger partial charge in [0.1, 0.15) is 0 Å². The Morgan fingerprint density at radius 2 is 1.81 bits per heavy atom. The lowest BCUT2D eigenvalue weighted by Gasteiger charge is -2.07. The Kier molecular flexibility index (Phi) is 6.54. The number of amides is 2. The lowest BCUT2D eigenvalue weighted by Crippen LogP contribution is -2.22. The number of nitrogens with zero attached hydrogens (tertiary/aromatic N) is 1. The second-order valence-corrected chi connectivity index (χ2v) is 7.52. The third-order valence-electron chi connectivity index (χ3n) is 4.16. The molecule has 1 heterocycles. The highest BCUT2D eigenvalue weighted by Crippen LogP contribution is 2.23. The van der Waals surface area contributed by atoms with Crippen molar-refractivity contribution < 1.29 is 9.59 Å². The Morgan fingerprint density at radius 1 is 1.04 bits per heavy atom. The van der Waals surface area contributed by atoms with Crippen LogP contribution < -0.4 is 10.6 Å². The van der Waals surface area contributed by atoms with Crippen molar-refractivity contribution in [3.63, 3.8) is 0 Å². The minimum atomic E-state index is -0.0724. The van der Waals surface area contributed by atoms with Gasteiger partial charge in [0.05, 0.1) is 15.2 Å². The number of carbonyl (C=O) groups is 2. The third-order valence-corrected chi connectivity index (χ3v) is 5.25. The summed E-state index contributed by atoms with van der Waals surface area (Å²) < 4.78 is 1.23. The van der Waals surface area contributed by atoms with E-state index in [-0.39, 0.29) is 11.8 Å². The fourth-order valence-corrected chi connectivity index (χ4v) is 3.74. The average Bonchev–Trinajstić information content (AvgIpc) is 3.07. The maximum absolute atomic E-state index is 11.9. The summed E-state index contributed by atoms with van der Waals surface area (Å²) in [6.07, 6.45) is 2.85. The van der Waals surface area contributed by atoms with E-state index in [1.807, 2.05) is 42.5 Å². The van der Waals surface area contributed by atoms with E-state index in [0.29, 0.717) is 19.4 Å². The lowest BCUT2D eigenvalue weighted by atomic mass is 10.1. The van der Waals surface area contributed by atoms with Crippen molar-refractivity contribution in [2.45, 2.75) is 32.6 Å². The fourth-order valence-electron chi connectivity index (χ4n) is 2.77. The van der Waals surface area contributed by atoms with Crippen molar-refractivity contribution >= 4 is 39.1 Å². The monoisotopic (exact) mass is 381 g/mol. The van der Waals surface area contributed by atoms with Gasteiger partial charge in [0.2, 0.25) is 11.8 Å². The second-order valence-electron chi connectivity index (χ2n) is 6.41. The van der Waals surface area contributed by atoms with E-state index in [2.05, 4.69) is 21.7 Å². The zero-order valence-electron chi connectivity index (χ0n) is 15.3. The number of rotatable bonds is 8. The van der Waals surface area contributed by atoms with Crippen LogP contribution in [0.5, 0.6) is 0 Å². The molecule has 2 N–H and O–H groups in total. The summed E-state index contributed by atoms with van der Waals surface area (Å²) in [6, 6.07) is 16.1. The molecule has 6 heteroatoms. The van der Waals surface area contributed by atoms with E-state index in [1.165, 1.54) is 17.2 Å². The molecular formula is C21H23N3O2S. The summed E-state index contributed by atoms with van der Waals surface area (Å²) in [5, 5.41) is 6.72. The van der Waals surface area contributed by atoms with Crippen LogP contribution in [-0.2, 0) is 22.4 Å². The van der Waals surface area contributed by atoms with Gasteiger partial charge in [-0.05, 0) is 42.7 Å². The molecule has 3 aromatic rings. The SMILES string of the molecule is CC(=O)NCCCC(=O)Nc1ccc(CCc2nc3ccccc3s2)cc1. The molecule has 0 unspecified atom stereocenters. The van der Waals surface area contributed by atoms with Crippen molar-refractivity contribution in [3.8, 4) is 0 Å². The molecule has 140 valence electrons. The predicted octanol–water partition coefficient (Wildman–Crippen LogP) is 3.94. The summed E-state index contributed by atoms with van der Waals surface area (Å²) >= 11 is 1.74. The standard InChI is InChI=1S/C21H23N3O2S/c1-15(25)22-14-4-7-20(26)23-17-11-8-16(9-12-17)10-13-21-24-18-5-2-3-6-19(18)27-21/h2-3,5-6,8-9,11-12H,4,7,10,13-14H2,1H3,(H,22,25)(H,23,26). The minimum absolute atomic E-state index is 0.0393. The maximum Gasteiger partial charge on any atom is 0.224 e. The van der Waals surface area contributed by atoms with Crippen molar-refractivity contribution in [1.29, 1.82) is 0 Å². The van der Waals surface area contributed by atoms with Crippen molar-refractivity contribution in [1.82, 2.24) is 10.3 Å².